The topological polar surface area (TPSA) is 83.7 Å². The number of amides is 2. The molecule has 0 unspecified atom stereocenters. The Kier molecular flexibility index (Phi) is 5.91. The van der Waals surface area contributed by atoms with Crippen molar-refractivity contribution in [3.8, 4) is 5.88 Å². The first-order chi connectivity index (χ1) is 16.0. The molecule has 0 spiro atoms. The maximum atomic E-state index is 13.1. The molecule has 0 aliphatic carbocycles. The van der Waals surface area contributed by atoms with Crippen molar-refractivity contribution in [3.05, 3.63) is 41.7 Å². The van der Waals surface area contributed by atoms with Gasteiger partial charge in [-0.15, -0.1) is 0 Å². The molecule has 2 aromatic heterocycles. The molecule has 0 radical (unpaired) electrons. The van der Waals surface area contributed by atoms with E-state index in [0.717, 1.165) is 0 Å². The second kappa shape index (κ2) is 8.57. The average molecular weight is 489 g/mol. The molecule has 4 rings (SSSR count). The van der Waals surface area contributed by atoms with Gasteiger partial charge in [0.1, 0.15) is 5.52 Å². The predicted molar refractivity (Wildman–Crippen MR) is 108 cm³/mol. The summed E-state index contributed by atoms with van der Waals surface area (Å²) in [6, 6.07) is 2.39. The first-order valence-corrected chi connectivity index (χ1v) is 9.85. The van der Waals surface area contributed by atoms with Gasteiger partial charge in [-0.25, -0.2) is 9.78 Å². The van der Waals surface area contributed by atoms with E-state index in [4.69, 9.17) is 9.15 Å². The summed E-state index contributed by atoms with van der Waals surface area (Å²) in [5, 5.41) is 2.56. The highest BCUT2D eigenvalue weighted by atomic mass is 19.4. The van der Waals surface area contributed by atoms with Crippen LogP contribution in [0, 0.1) is 0 Å². The van der Waals surface area contributed by atoms with E-state index in [-0.39, 0.29) is 55.3 Å². The van der Waals surface area contributed by atoms with Gasteiger partial charge in [-0.1, -0.05) is 0 Å². The van der Waals surface area contributed by atoms with E-state index in [1.165, 1.54) is 23.2 Å². The SMILES string of the molecule is COc1nc2occc2nc1NC(=O)N1CCN(c2cc(C(F)(F)F)cc(C(F)(F)F)c2)CC1. The zero-order valence-electron chi connectivity index (χ0n) is 17.5. The lowest BCUT2D eigenvalue weighted by atomic mass is 10.1. The van der Waals surface area contributed by atoms with Gasteiger partial charge in [-0.05, 0) is 18.2 Å². The summed E-state index contributed by atoms with van der Waals surface area (Å²) in [5.74, 6) is 0.0506. The van der Waals surface area contributed by atoms with Crippen molar-refractivity contribution in [3.63, 3.8) is 0 Å². The van der Waals surface area contributed by atoms with Gasteiger partial charge in [-0.3, -0.25) is 5.32 Å². The molecule has 1 fully saturated rings. The van der Waals surface area contributed by atoms with Crippen molar-refractivity contribution in [2.75, 3.05) is 43.5 Å². The van der Waals surface area contributed by atoms with Crippen LogP contribution in [0.1, 0.15) is 11.1 Å². The number of halogens is 6. The fraction of sp³-hybridized carbons (Fsp3) is 0.350. The number of piperazine rings is 1. The number of hydrogen-bond donors (Lipinski definition) is 1. The third-order valence-corrected chi connectivity index (χ3v) is 5.19. The molecule has 0 bridgehead atoms. The maximum Gasteiger partial charge on any atom is 0.416 e. The molecule has 34 heavy (non-hydrogen) atoms. The van der Waals surface area contributed by atoms with E-state index in [1.807, 2.05) is 0 Å². The molecule has 1 saturated heterocycles. The van der Waals surface area contributed by atoms with Gasteiger partial charge in [0.15, 0.2) is 5.82 Å². The summed E-state index contributed by atoms with van der Waals surface area (Å²) in [4.78, 5) is 23.7. The van der Waals surface area contributed by atoms with Gasteiger partial charge in [-0.2, -0.15) is 31.3 Å². The van der Waals surface area contributed by atoms with Gasteiger partial charge in [0.2, 0.25) is 5.71 Å². The lowest BCUT2D eigenvalue weighted by Gasteiger charge is -2.36. The first-order valence-electron chi connectivity index (χ1n) is 9.85. The Morgan fingerprint density at radius 2 is 1.62 bits per heavy atom. The van der Waals surface area contributed by atoms with Crippen molar-refractivity contribution < 1.29 is 40.3 Å². The quantitative estimate of drug-likeness (QED) is 0.541. The number of nitrogens with one attached hydrogen (secondary N) is 1. The summed E-state index contributed by atoms with van der Waals surface area (Å²) in [7, 11) is 1.33. The van der Waals surface area contributed by atoms with Crippen molar-refractivity contribution in [2.45, 2.75) is 12.4 Å². The van der Waals surface area contributed by atoms with Gasteiger partial charge in [0.25, 0.3) is 5.88 Å². The molecule has 14 heteroatoms. The van der Waals surface area contributed by atoms with Crippen molar-refractivity contribution in [1.82, 2.24) is 14.9 Å². The number of rotatable bonds is 3. The number of furan rings is 1. The van der Waals surface area contributed by atoms with Crippen LogP contribution < -0.4 is 15.0 Å². The monoisotopic (exact) mass is 489 g/mol. The molecule has 3 aromatic rings. The number of anilines is 2. The molecule has 2 amide bonds. The number of carbonyl (C=O) groups excluding carboxylic acids is 1. The summed E-state index contributed by atoms with van der Waals surface area (Å²) >= 11 is 0. The predicted octanol–water partition coefficient (Wildman–Crippen LogP) is 4.62. The number of methoxy groups -OCH3 is 1. The molecule has 182 valence electrons. The standard InChI is InChI=1S/C20H17F6N5O3/c1-33-17-15(27-14-2-7-34-16(14)29-17)28-18(32)31-5-3-30(4-6-31)13-9-11(19(21,22)23)8-12(10-13)20(24,25)26/h2,7-10H,3-6H2,1H3,(H,27,28,32). The number of benzene rings is 1. The maximum absolute atomic E-state index is 13.1. The summed E-state index contributed by atoms with van der Waals surface area (Å²) < 4.78 is 89.1. The third kappa shape index (κ3) is 4.79. The Hall–Kier alpha value is -3.71. The Morgan fingerprint density at radius 3 is 2.18 bits per heavy atom. The molecule has 8 nitrogen and oxygen atoms in total. The van der Waals surface area contributed by atoms with Crippen LogP contribution in [0.25, 0.3) is 11.2 Å². The van der Waals surface area contributed by atoms with E-state index in [9.17, 15) is 31.1 Å². The molecular weight excluding hydrogens is 472 g/mol. The van der Waals surface area contributed by atoms with Crippen LogP contribution in [0.3, 0.4) is 0 Å². The largest absolute Gasteiger partial charge is 0.478 e. The molecule has 1 aliphatic rings. The van der Waals surface area contributed by atoms with E-state index >= 15 is 0 Å². The highest BCUT2D eigenvalue weighted by Crippen LogP contribution is 2.38. The van der Waals surface area contributed by atoms with Crippen LogP contribution in [-0.2, 0) is 12.4 Å². The summed E-state index contributed by atoms with van der Waals surface area (Å²) in [6.07, 6.45) is -8.51. The van der Waals surface area contributed by atoms with E-state index < -0.39 is 29.5 Å². The first kappa shape index (κ1) is 23.4. The number of carbonyl (C=O) groups is 1. The molecule has 3 heterocycles. The summed E-state index contributed by atoms with van der Waals surface area (Å²) in [5.41, 5.74) is -2.41. The minimum Gasteiger partial charge on any atom is -0.478 e. The Bertz CT molecular complexity index is 1170. The number of urea groups is 1. The van der Waals surface area contributed by atoms with Gasteiger partial charge < -0.3 is 19.0 Å². The number of fused-ring (bicyclic) bond motifs is 1. The third-order valence-electron chi connectivity index (χ3n) is 5.19. The molecule has 1 N–H and O–H groups in total. The number of aromatic nitrogens is 2. The lowest BCUT2D eigenvalue weighted by molar-refractivity contribution is -0.143. The fourth-order valence-electron chi connectivity index (χ4n) is 3.47. The normalized spacial score (nSPS) is 15.0. The molecule has 0 atom stereocenters. The van der Waals surface area contributed by atoms with Gasteiger partial charge in [0.05, 0.1) is 24.5 Å². The van der Waals surface area contributed by atoms with Crippen LogP contribution in [0.5, 0.6) is 5.88 Å². The number of hydrogen-bond acceptors (Lipinski definition) is 6. The van der Waals surface area contributed by atoms with Crippen molar-refractivity contribution >= 4 is 28.8 Å². The smallest absolute Gasteiger partial charge is 0.416 e. The number of nitrogens with zero attached hydrogens (tertiary/aromatic N) is 4. The summed E-state index contributed by atoms with van der Waals surface area (Å²) in [6.45, 7) is 0.144. The zero-order chi connectivity index (χ0) is 24.7. The van der Waals surface area contributed by atoms with Crippen LogP contribution in [0.15, 0.2) is 34.9 Å². The van der Waals surface area contributed by atoms with Crippen molar-refractivity contribution in [2.24, 2.45) is 0 Å². The van der Waals surface area contributed by atoms with E-state index in [0.29, 0.717) is 17.6 Å². The molecule has 0 saturated carbocycles. The average Bonchev–Trinajstić information content (AvgIpc) is 3.24. The van der Waals surface area contributed by atoms with Gasteiger partial charge >= 0.3 is 18.4 Å². The fourth-order valence-corrected chi connectivity index (χ4v) is 3.47. The highest BCUT2D eigenvalue weighted by Gasteiger charge is 2.37. The minimum absolute atomic E-state index is 0.0121. The van der Waals surface area contributed by atoms with Gasteiger partial charge in [0, 0.05) is 37.9 Å². The van der Waals surface area contributed by atoms with E-state index in [2.05, 4.69) is 15.3 Å². The Morgan fingerprint density at radius 1 is 1.00 bits per heavy atom. The zero-order valence-corrected chi connectivity index (χ0v) is 17.5. The van der Waals surface area contributed by atoms with Crippen LogP contribution >= 0.6 is 0 Å². The number of alkyl halides is 6. The van der Waals surface area contributed by atoms with Crippen LogP contribution in [0.4, 0.5) is 42.6 Å². The van der Waals surface area contributed by atoms with E-state index in [1.54, 1.807) is 6.07 Å². The second-order valence-corrected chi connectivity index (χ2v) is 7.36. The minimum atomic E-state index is -4.94. The lowest BCUT2D eigenvalue weighted by Crippen LogP contribution is -2.50. The second-order valence-electron chi connectivity index (χ2n) is 7.36. The van der Waals surface area contributed by atoms with Crippen LogP contribution in [-0.4, -0.2) is 54.2 Å². The molecule has 1 aliphatic heterocycles. The van der Waals surface area contributed by atoms with Crippen molar-refractivity contribution in [1.29, 1.82) is 0 Å². The Labute approximate surface area is 188 Å². The molecular formula is C20H17F6N5O3. The number of ether oxygens (including phenoxy) is 1. The Balaban J connectivity index is 1.48. The highest BCUT2D eigenvalue weighted by molar-refractivity contribution is 5.90. The van der Waals surface area contributed by atoms with Crippen LogP contribution in [0.2, 0.25) is 0 Å². The molecule has 1 aromatic carbocycles.